The van der Waals surface area contributed by atoms with Crippen molar-refractivity contribution >= 4 is 21.8 Å². The molecule has 5 heteroatoms. The third-order valence-corrected chi connectivity index (χ3v) is 3.48. The van der Waals surface area contributed by atoms with Gasteiger partial charge < -0.3 is 9.88 Å². The first kappa shape index (κ1) is 14.8. The first-order chi connectivity index (χ1) is 9.60. The number of carbonyl (C=O) groups is 1. The molecule has 0 saturated heterocycles. The van der Waals surface area contributed by atoms with Crippen molar-refractivity contribution in [3.05, 3.63) is 58.1 Å². The van der Waals surface area contributed by atoms with E-state index in [1.165, 1.54) is 12.1 Å². The molecule has 0 atom stereocenters. The molecule has 0 aliphatic heterocycles. The maximum atomic E-state index is 12.8. The van der Waals surface area contributed by atoms with Gasteiger partial charge in [0, 0.05) is 23.8 Å². The Morgan fingerprint density at radius 1 is 1.35 bits per heavy atom. The van der Waals surface area contributed by atoms with Crippen LogP contribution in [-0.2, 0) is 13.0 Å². The maximum Gasteiger partial charge on any atom is 0.267 e. The molecule has 1 N–H and O–H groups in total. The Morgan fingerprint density at radius 3 is 2.70 bits per heavy atom. The summed E-state index contributed by atoms with van der Waals surface area (Å²) in [5.74, 6) is -0.344. The molecule has 20 heavy (non-hydrogen) atoms. The number of aryl methyl sites for hydroxylation is 1. The van der Waals surface area contributed by atoms with Gasteiger partial charge in [0.05, 0.1) is 0 Å². The Morgan fingerprint density at radius 2 is 2.05 bits per heavy atom. The van der Waals surface area contributed by atoms with Crippen LogP contribution in [0.2, 0.25) is 0 Å². The first-order valence-corrected chi connectivity index (χ1v) is 7.27. The molecule has 1 aromatic heterocycles. The number of benzene rings is 1. The highest BCUT2D eigenvalue weighted by Crippen LogP contribution is 2.14. The summed E-state index contributed by atoms with van der Waals surface area (Å²) in [7, 11) is 0. The van der Waals surface area contributed by atoms with E-state index in [1.807, 2.05) is 17.7 Å². The number of nitrogens with one attached hydrogen (secondary N) is 1. The van der Waals surface area contributed by atoms with Gasteiger partial charge in [-0.2, -0.15) is 0 Å². The van der Waals surface area contributed by atoms with E-state index in [1.54, 1.807) is 18.2 Å². The summed E-state index contributed by atoms with van der Waals surface area (Å²) in [6, 6.07) is 8.11. The summed E-state index contributed by atoms with van der Waals surface area (Å²) in [4.78, 5) is 12.1. The molecule has 0 fully saturated rings. The molecule has 0 saturated carbocycles. The zero-order valence-electron chi connectivity index (χ0n) is 11.2. The number of hydrogen-bond acceptors (Lipinski definition) is 1. The van der Waals surface area contributed by atoms with Gasteiger partial charge in [-0.05, 0) is 53.0 Å². The monoisotopic (exact) mass is 338 g/mol. The predicted octanol–water partition coefficient (Wildman–Crippen LogP) is 3.38. The Kier molecular flexibility index (Phi) is 4.95. The molecule has 0 unspecified atom stereocenters. The van der Waals surface area contributed by atoms with Gasteiger partial charge in [0.15, 0.2) is 0 Å². The topological polar surface area (TPSA) is 34.0 Å². The van der Waals surface area contributed by atoms with E-state index in [9.17, 15) is 9.18 Å². The summed E-state index contributed by atoms with van der Waals surface area (Å²) in [5, 5.41) is 2.88. The summed E-state index contributed by atoms with van der Waals surface area (Å²) in [5.41, 5.74) is 1.64. The van der Waals surface area contributed by atoms with Crippen molar-refractivity contribution in [3.63, 3.8) is 0 Å². The first-order valence-electron chi connectivity index (χ1n) is 6.48. The van der Waals surface area contributed by atoms with Crippen LogP contribution < -0.4 is 5.32 Å². The standard InChI is InChI=1S/C15H16BrFN2O/c1-2-19-10-12(16)9-14(19)15(20)18-8-7-11-3-5-13(17)6-4-11/h3-6,9-10H,2,7-8H2,1H3,(H,18,20). The molecule has 1 amide bonds. The van der Waals surface area contributed by atoms with Crippen LogP contribution >= 0.6 is 15.9 Å². The normalized spacial score (nSPS) is 10.6. The summed E-state index contributed by atoms with van der Waals surface area (Å²) in [6.45, 7) is 3.25. The zero-order valence-corrected chi connectivity index (χ0v) is 12.8. The van der Waals surface area contributed by atoms with E-state index in [-0.39, 0.29) is 11.7 Å². The molecular weight excluding hydrogens is 323 g/mol. The molecule has 2 aromatic rings. The van der Waals surface area contributed by atoms with Gasteiger partial charge in [0.25, 0.3) is 5.91 Å². The Bertz CT molecular complexity index is 592. The fourth-order valence-electron chi connectivity index (χ4n) is 1.99. The lowest BCUT2D eigenvalue weighted by molar-refractivity contribution is 0.0945. The van der Waals surface area contributed by atoms with Gasteiger partial charge in [-0.25, -0.2) is 4.39 Å². The number of carbonyl (C=O) groups excluding carboxylic acids is 1. The minimum Gasteiger partial charge on any atom is -0.350 e. The van der Waals surface area contributed by atoms with Gasteiger partial charge in [0.2, 0.25) is 0 Å². The number of hydrogen-bond donors (Lipinski definition) is 1. The number of rotatable bonds is 5. The van der Waals surface area contributed by atoms with Crippen molar-refractivity contribution in [2.75, 3.05) is 6.54 Å². The second-order valence-corrected chi connectivity index (χ2v) is 5.38. The van der Waals surface area contributed by atoms with Gasteiger partial charge in [-0.3, -0.25) is 4.79 Å². The minimum atomic E-state index is -0.247. The van der Waals surface area contributed by atoms with Crippen LogP contribution in [0.15, 0.2) is 41.0 Å². The van der Waals surface area contributed by atoms with E-state index in [2.05, 4.69) is 21.2 Å². The van der Waals surface area contributed by atoms with Crippen molar-refractivity contribution in [3.8, 4) is 0 Å². The van der Waals surface area contributed by atoms with Crippen LogP contribution in [0.4, 0.5) is 4.39 Å². The average Bonchev–Trinajstić information content (AvgIpc) is 2.82. The Balaban J connectivity index is 1.90. The van der Waals surface area contributed by atoms with Crippen molar-refractivity contribution in [2.24, 2.45) is 0 Å². The predicted molar refractivity (Wildman–Crippen MR) is 80.2 cm³/mol. The summed E-state index contributed by atoms with van der Waals surface area (Å²) < 4.78 is 15.5. The number of aromatic nitrogens is 1. The van der Waals surface area contributed by atoms with Crippen LogP contribution in [0.25, 0.3) is 0 Å². The van der Waals surface area contributed by atoms with Crippen molar-refractivity contribution in [1.29, 1.82) is 0 Å². The maximum absolute atomic E-state index is 12.8. The fraction of sp³-hybridized carbons (Fsp3) is 0.267. The molecule has 0 radical (unpaired) electrons. The quantitative estimate of drug-likeness (QED) is 0.890. The molecule has 3 nitrogen and oxygen atoms in total. The molecule has 0 aliphatic carbocycles. The smallest absolute Gasteiger partial charge is 0.267 e. The second-order valence-electron chi connectivity index (χ2n) is 4.46. The van der Waals surface area contributed by atoms with Crippen molar-refractivity contribution < 1.29 is 9.18 Å². The SMILES string of the molecule is CCn1cc(Br)cc1C(=O)NCCc1ccc(F)cc1. The molecule has 106 valence electrons. The largest absolute Gasteiger partial charge is 0.350 e. The van der Waals surface area contributed by atoms with E-state index in [4.69, 9.17) is 0 Å². The third kappa shape index (κ3) is 3.70. The lowest BCUT2D eigenvalue weighted by Crippen LogP contribution is -2.27. The van der Waals surface area contributed by atoms with Crippen LogP contribution in [0, 0.1) is 5.82 Å². The third-order valence-electron chi connectivity index (χ3n) is 3.05. The van der Waals surface area contributed by atoms with Crippen LogP contribution in [-0.4, -0.2) is 17.0 Å². The van der Waals surface area contributed by atoms with Gasteiger partial charge in [-0.15, -0.1) is 0 Å². The van der Waals surface area contributed by atoms with E-state index >= 15 is 0 Å². The Labute approximate surface area is 125 Å². The molecule has 2 rings (SSSR count). The molecule has 0 spiro atoms. The van der Waals surface area contributed by atoms with E-state index < -0.39 is 0 Å². The molecule has 1 aromatic carbocycles. The highest BCUT2D eigenvalue weighted by molar-refractivity contribution is 9.10. The van der Waals surface area contributed by atoms with Crippen LogP contribution in [0.1, 0.15) is 23.0 Å². The number of nitrogens with zero attached hydrogens (tertiary/aromatic N) is 1. The Hall–Kier alpha value is -1.62. The van der Waals surface area contributed by atoms with E-state index in [0.717, 1.165) is 16.6 Å². The number of halogens is 2. The molecular formula is C15H16BrFN2O. The zero-order chi connectivity index (χ0) is 14.5. The molecule has 1 heterocycles. The van der Waals surface area contributed by atoms with Crippen LogP contribution in [0.5, 0.6) is 0 Å². The second kappa shape index (κ2) is 6.70. The van der Waals surface area contributed by atoms with Gasteiger partial charge in [0.1, 0.15) is 11.5 Å². The lowest BCUT2D eigenvalue weighted by Gasteiger charge is -2.07. The lowest BCUT2D eigenvalue weighted by atomic mass is 10.1. The summed E-state index contributed by atoms with van der Waals surface area (Å²) in [6.07, 6.45) is 2.56. The van der Waals surface area contributed by atoms with Crippen LogP contribution in [0.3, 0.4) is 0 Å². The molecule has 0 bridgehead atoms. The average molecular weight is 339 g/mol. The van der Waals surface area contributed by atoms with Crippen molar-refractivity contribution in [2.45, 2.75) is 19.9 Å². The van der Waals surface area contributed by atoms with Gasteiger partial charge in [-0.1, -0.05) is 12.1 Å². The highest BCUT2D eigenvalue weighted by Gasteiger charge is 2.11. The van der Waals surface area contributed by atoms with Crippen molar-refractivity contribution in [1.82, 2.24) is 9.88 Å². The summed E-state index contributed by atoms with van der Waals surface area (Å²) >= 11 is 3.37. The van der Waals surface area contributed by atoms with Gasteiger partial charge >= 0.3 is 0 Å². The highest BCUT2D eigenvalue weighted by atomic mass is 79.9. The number of amides is 1. The molecule has 0 aliphatic rings. The fourth-order valence-corrected chi connectivity index (χ4v) is 2.45. The van der Waals surface area contributed by atoms with E-state index in [0.29, 0.717) is 18.7 Å². The minimum absolute atomic E-state index is 0.0975.